The standard InChI is InChI=1S/C27H26F2N2O/c1-19-5-7-21(8-6-19)26(32)31-18-27(24-16-23(29)9-10-25(24)31)11-13-30(14-12-27)17-20-3-2-4-22(28)15-20/h2-10,15-16H,11-14,17-18H2,1H3. The average molecular weight is 433 g/mol. The fraction of sp³-hybridized carbons (Fsp3) is 0.296. The minimum atomic E-state index is -0.269. The van der Waals surface area contributed by atoms with Gasteiger partial charge in [-0.3, -0.25) is 9.69 Å². The van der Waals surface area contributed by atoms with Crippen molar-refractivity contribution in [2.45, 2.75) is 31.7 Å². The second kappa shape index (κ2) is 8.14. The summed E-state index contributed by atoms with van der Waals surface area (Å²) in [6.45, 7) is 4.88. The molecule has 0 aliphatic carbocycles. The van der Waals surface area contributed by atoms with Crippen LogP contribution in [0.1, 0.15) is 39.9 Å². The van der Waals surface area contributed by atoms with Crippen LogP contribution in [0, 0.1) is 18.6 Å². The highest BCUT2D eigenvalue weighted by Crippen LogP contribution is 2.47. The van der Waals surface area contributed by atoms with E-state index >= 15 is 0 Å². The first kappa shape index (κ1) is 20.8. The predicted molar refractivity (Wildman–Crippen MR) is 122 cm³/mol. The maximum absolute atomic E-state index is 14.2. The maximum atomic E-state index is 14.2. The molecule has 3 aromatic rings. The number of amides is 1. The third-order valence-corrected chi connectivity index (χ3v) is 6.93. The summed E-state index contributed by atoms with van der Waals surface area (Å²) in [5.74, 6) is -0.534. The second-order valence-electron chi connectivity index (χ2n) is 9.11. The molecule has 32 heavy (non-hydrogen) atoms. The molecule has 0 atom stereocenters. The summed E-state index contributed by atoms with van der Waals surface area (Å²) in [6, 6.07) is 19.1. The molecular weight excluding hydrogens is 406 g/mol. The lowest BCUT2D eigenvalue weighted by molar-refractivity contribution is 0.0975. The molecule has 2 aliphatic rings. The van der Waals surface area contributed by atoms with Gasteiger partial charge in [0.2, 0.25) is 0 Å². The van der Waals surface area contributed by atoms with Gasteiger partial charge in [-0.05, 0) is 86.4 Å². The van der Waals surface area contributed by atoms with Crippen molar-refractivity contribution in [1.29, 1.82) is 0 Å². The average Bonchev–Trinajstić information content (AvgIpc) is 3.09. The number of aryl methyl sites for hydroxylation is 1. The summed E-state index contributed by atoms with van der Waals surface area (Å²) in [5.41, 5.74) is 4.20. The van der Waals surface area contributed by atoms with Crippen LogP contribution in [0.25, 0.3) is 0 Å². The largest absolute Gasteiger partial charge is 0.307 e. The van der Waals surface area contributed by atoms with Crippen molar-refractivity contribution < 1.29 is 13.6 Å². The Balaban J connectivity index is 1.38. The fourth-order valence-corrected chi connectivity index (χ4v) is 5.13. The van der Waals surface area contributed by atoms with Crippen LogP contribution in [0.2, 0.25) is 0 Å². The number of rotatable bonds is 3. The molecular formula is C27H26F2N2O. The molecule has 0 unspecified atom stereocenters. The van der Waals surface area contributed by atoms with Crippen LogP contribution in [0.3, 0.4) is 0 Å². The molecule has 0 radical (unpaired) electrons. The minimum Gasteiger partial charge on any atom is -0.307 e. The van der Waals surface area contributed by atoms with E-state index in [-0.39, 0.29) is 23.0 Å². The van der Waals surface area contributed by atoms with Crippen LogP contribution in [0.15, 0.2) is 66.7 Å². The third-order valence-electron chi connectivity index (χ3n) is 6.93. The van der Waals surface area contributed by atoms with E-state index in [0.717, 1.165) is 48.3 Å². The van der Waals surface area contributed by atoms with Gasteiger partial charge in [-0.2, -0.15) is 0 Å². The number of anilines is 1. The molecule has 2 heterocycles. The Hall–Kier alpha value is -3.05. The number of fused-ring (bicyclic) bond motifs is 2. The molecule has 0 bridgehead atoms. The van der Waals surface area contributed by atoms with Crippen molar-refractivity contribution in [3.63, 3.8) is 0 Å². The highest BCUT2D eigenvalue weighted by molar-refractivity contribution is 6.07. The van der Waals surface area contributed by atoms with Gasteiger partial charge >= 0.3 is 0 Å². The Morgan fingerprint density at radius 3 is 2.38 bits per heavy atom. The highest BCUT2D eigenvalue weighted by atomic mass is 19.1. The minimum absolute atomic E-state index is 0.0445. The molecule has 1 spiro atoms. The number of likely N-dealkylation sites (tertiary alicyclic amines) is 1. The van der Waals surface area contributed by atoms with Crippen molar-refractivity contribution in [1.82, 2.24) is 4.90 Å². The van der Waals surface area contributed by atoms with Crippen LogP contribution < -0.4 is 4.90 Å². The molecule has 5 heteroatoms. The summed E-state index contributed by atoms with van der Waals surface area (Å²) >= 11 is 0. The summed E-state index contributed by atoms with van der Waals surface area (Å²) in [5, 5.41) is 0. The van der Waals surface area contributed by atoms with E-state index in [1.165, 1.54) is 12.1 Å². The molecule has 3 aromatic carbocycles. The smallest absolute Gasteiger partial charge is 0.258 e. The highest BCUT2D eigenvalue weighted by Gasteiger charge is 2.46. The van der Waals surface area contributed by atoms with E-state index < -0.39 is 0 Å². The molecule has 0 aromatic heterocycles. The van der Waals surface area contributed by atoms with Gasteiger partial charge in [0.1, 0.15) is 11.6 Å². The number of halogens is 2. The van der Waals surface area contributed by atoms with Crippen molar-refractivity contribution in [2.24, 2.45) is 0 Å². The quantitative estimate of drug-likeness (QED) is 0.548. The van der Waals surface area contributed by atoms with Crippen molar-refractivity contribution in [3.8, 4) is 0 Å². The van der Waals surface area contributed by atoms with Gasteiger partial charge in [-0.1, -0.05) is 29.8 Å². The van der Waals surface area contributed by atoms with Crippen LogP contribution >= 0.6 is 0 Å². The maximum Gasteiger partial charge on any atom is 0.258 e. The Morgan fingerprint density at radius 1 is 0.938 bits per heavy atom. The number of carbonyl (C=O) groups is 1. The van der Waals surface area contributed by atoms with Gasteiger partial charge in [0, 0.05) is 29.8 Å². The summed E-state index contributed by atoms with van der Waals surface area (Å²) in [6.07, 6.45) is 1.66. The van der Waals surface area contributed by atoms with E-state index in [2.05, 4.69) is 4.90 Å². The van der Waals surface area contributed by atoms with Crippen molar-refractivity contribution in [3.05, 3.63) is 101 Å². The third kappa shape index (κ3) is 3.82. The van der Waals surface area contributed by atoms with Gasteiger partial charge in [0.15, 0.2) is 0 Å². The normalized spacial score (nSPS) is 17.5. The molecule has 3 nitrogen and oxygen atoms in total. The molecule has 1 saturated heterocycles. The first-order valence-corrected chi connectivity index (χ1v) is 11.1. The number of carbonyl (C=O) groups excluding carboxylic acids is 1. The number of benzene rings is 3. The van der Waals surface area contributed by atoms with Crippen LogP contribution in [0.4, 0.5) is 14.5 Å². The van der Waals surface area contributed by atoms with Crippen LogP contribution in [-0.2, 0) is 12.0 Å². The summed E-state index contributed by atoms with van der Waals surface area (Å²) in [4.78, 5) is 17.5. The first-order chi connectivity index (χ1) is 15.4. The fourth-order valence-electron chi connectivity index (χ4n) is 5.13. The van der Waals surface area contributed by atoms with Crippen LogP contribution in [0.5, 0.6) is 0 Å². The number of piperidine rings is 1. The lowest BCUT2D eigenvalue weighted by atomic mass is 9.74. The zero-order chi connectivity index (χ0) is 22.3. The van der Waals surface area contributed by atoms with Gasteiger partial charge in [-0.15, -0.1) is 0 Å². The number of hydrogen-bond donors (Lipinski definition) is 0. The molecule has 5 rings (SSSR count). The SMILES string of the molecule is Cc1ccc(C(=O)N2CC3(CCN(Cc4cccc(F)c4)CC3)c3cc(F)ccc32)cc1. The molecule has 0 saturated carbocycles. The predicted octanol–water partition coefficient (Wildman–Crippen LogP) is 5.47. The van der Waals surface area contributed by atoms with E-state index in [1.54, 1.807) is 24.3 Å². The topological polar surface area (TPSA) is 23.6 Å². The van der Waals surface area contributed by atoms with Crippen molar-refractivity contribution >= 4 is 11.6 Å². The number of hydrogen-bond acceptors (Lipinski definition) is 2. The van der Waals surface area contributed by atoms with E-state index in [9.17, 15) is 13.6 Å². The molecule has 0 N–H and O–H groups in total. The van der Waals surface area contributed by atoms with Crippen molar-refractivity contribution in [2.75, 3.05) is 24.5 Å². The lowest BCUT2D eigenvalue weighted by Crippen LogP contribution is -2.45. The van der Waals surface area contributed by atoms with E-state index in [4.69, 9.17) is 0 Å². The first-order valence-electron chi connectivity index (χ1n) is 11.1. The Labute approximate surface area is 187 Å². The zero-order valence-electron chi connectivity index (χ0n) is 18.2. The monoisotopic (exact) mass is 432 g/mol. The van der Waals surface area contributed by atoms with Gasteiger partial charge in [0.25, 0.3) is 5.91 Å². The lowest BCUT2D eigenvalue weighted by Gasteiger charge is -2.40. The Kier molecular flexibility index (Phi) is 5.30. The van der Waals surface area contributed by atoms with Crippen LogP contribution in [-0.4, -0.2) is 30.4 Å². The van der Waals surface area contributed by atoms with Gasteiger partial charge in [0.05, 0.1) is 0 Å². The summed E-state index contributed by atoms with van der Waals surface area (Å²) in [7, 11) is 0. The summed E-state index contributed by atoms with van der Waals surface area (Å²) < 4.78 is 27.8. The molecule has 2 aliphatic heterocycles. The molecule has 164 valence electrons. The Bertz CT molecular complexity index is 1150. The van der Waals surface area contributed by atoms with Gasteiger partial charge in [-0.25, -0.2) is 8.78 Å². The molecule has 1 amide bonds. The van der Waals surface area contributed by atoms with E-state index in [1.807, 2.05) is 42.2 Å². The molecule has 1 fully saturated rings. The zero-order valence-corrected chi connectivity index (χ0v) is 18.2. The van der Waals surface area contributed by atoms with E-state index in [0.29, 0.717) is 18.7 Å². The second-order valence-corrected chi connectivity index (χ2v) is 9.11. The Morgan fingerprint density at radius 2 is 1.66 bits per heavy atom. The number of nitrogens with zero attached hydrogens (tertiary/aromatic N) is 2. The van der Waals surface area contributed by atoms with Gasteiger partial charge < -0.3 is 4.90 Å².